The van der Waals surface area contributed by atoms with Gasteiger partial charge in [0.1, 0.15) is 22.8 Å². The summed E-state index contributed by atoms with van der Waals surface area (Å²) in [5.41, 5.74) is 1.95. The number of hydrogen-bond acceptors (Lipinski definition) is 6. The monoisotopic (exact) mass is 428 g/mol. The van der Waals surface area contributed by atoms with Gasteiger partial charge in [-0.3, -0.25) is 9.59 Å². The van der Waals surface area contributed by atoms with E-state index >= 15 is 0 Å². The summed E-state index contributed by atoms with van der Waals surface area (Å²) < 4.78 is 16.6. The summed E-state index contributed by atoms with van der Waals surface area (Å²) in [6.45, 7) is 2.84. The highest BCUT2D eigenvalue weighted by atomic mass is 16.6. The van der Waals surface area contributed by atoms with Crippen molar-refractivity contribution in [2.75, 3.05) is 6.61 Å². The number of ketones is 1. The fourth-order valence-electron chi connectivity index (χ4n) is 3.40. The highest BCUT2D eigenvalue weighted by Gasteiger charge is 2.15. The van der Waals surface area contributed by atoms with Gasteiger partial charge < -0.3 is 13.9 Å². The third-order valence-electron chi connectivity index (χ3n) is 4.93. The highest BCUT2D eigenvalue weighted by Crippen LogP contribution is 2.26. The first-order chi connectivity index (χ1) is 15.4. The van der Waals surface area contributed by atoms with Crippen LogP contribution < -0.4 is 14.9 Å². The van der Waals surface area contributed by atoms with Crippen LogP contribution in [0.3, 0.4) is 0 Å². The minimum atomic E-state index is -0.627. The number of benzene rings is 3. The smallest absolute Gasteiger partial charge is 0.349 e. The standard InChI is InChI=1S/C26H20O6/c1-16(27)19-9-6-10-20(13-19)30-15-24(28)32-21-11-12-22-23(14-21)31-17(2)25(26(22)29)18-7-4-3-5-8-18/h3-14H,15H2,1-2H3. The Hall–Kier alpha value is -4.19. The molecule has 6 nitrogen and oxygen atoms in total. The Labute approximate surface area is 184 Å². The van der Waals surface area contributed by atoms with Gasteiger partial charge in [-0.15, -0.1) is 0 Å². The van der Waals surface area contributed by atoms with Crippen molar-refractivity contribution in [1.82, 2.24) is 0 Å². The largest absolute Gasteiger partial charge is 0.482 e. The van der Waals surface area contributed by atoms with Gasteiger partial charge in [-0.1, -0.05) is 42.5 Å². The molecule has 4 rings (SSSR count). The second kappa shape index (κ2) is 8.89. The summed E-state index contributed by atoms with van der Waals surface area (Å²) >= 11 is 0. The molecule has 3 aromatic carbocycles. The van der Waals surface area contributed by atoms with Gasteiger partial charge in [0.15, 0.2) is 12.4 Å². The maximum atomic E-state index is 13.0. The number of carbonyl (C=O) groups is 2. The molecular formula is C26H20O6. The van der Waals surface area contributed by atoms with Crippen molar-refractivity contribution in [1.29, 1.82) is 0 Å². The van der Waals surface area contributed by atoms with Gasteiger partial charge in [0, 0.05) is 11.6 Å². The molecule has 1 heterocycles. The predicted molar refractivity (Wildman–Crippen MR) is 120 cm³/mol. The molecule has 0 spiro atoms. The van der Waals surface area contributed by atoms with Gasteiger partial charge in [-0.05, 0) is 43.7 Å². The molecule has 160 valence electrons. The SMILES string of the molecule is CC(=O)c1cccc(OCC(=O)Oc2ccc3c(=O)c(-c4ccccc4)c(C)oc3c2)c1. The van der Waals surface area contributed by atoms with E-state index in [1.165, 1.54) is 19.1 Å². The van der Waals surface area contributed by atoms with Crippen LogP contribution in [-0.4, -0.2) is 18.4 Å². The van der Waals surface area contributed by atoms with Gasteiger partial charge in [0.25, 0.3) is 0 Å². The van der Waals surface area contributed by atoms with Crippen LogP contribution in [0.2, 0.25) is 0 Å². The molecule has 0 bridgehead atoms. The van der Waals surface area contributed by atoms with Crippen molar-refractivity contribution >= 4 is 22.7 Å². The quantitative estimate of drug-likeness (QED) is 0.245. The van der Waals surface area contributed by atoms with Crippen molar-refractivity contribution in [3.8, 4) is 22.6 Å². The summed E-state index contributed by atoms with van der Waals surface area (Å²) in [6, 6.07) is 20.5. The summed E-state index contributed by atoms with van der Waals surface area (Å²) in [7, 11) is 0. The van der Waals surface area contributed by atoms with Crippen molar-refractivity contribution in [2.24, 2.45) is 0 Å². The van der Waals surface area contributed by atoms with Crippen LogP contribution >= 0.6 is 0 Å². The molecule has 0 N–H and O–H groups in total. The summed E-state index contributed by atoms with van der Waals surface area (Å²) in [4.78, 5) is 36.7. The number of aryl methyl sites for hydroxylation is 1. The van der Waals surface area contributed by atoms with Crippen molar-refractivity contribution in [2.45, 2.75) is 13.8 Å². The number of Topliss-reactive ketones (excluding diaryl/α,β-unsaturated/α-hetero) is 1. The van der Waals surface area contributed by atoms with E-state index in [9.17, 15) is 14.4 Å². The van der Waals surface area contributed by atoms with E-state index < -0.39 is 5.97 Å². The second-order valence-electron chi connectivity index (χ2n) is 7.23. The van der Waals surface area contributed by atoms with Gasteiger partial charge in [0.2, 0.25) is 5.43 Å². The van der Waals surface area contributed by atoms with Crippen LogP contribution in [0.15, 0.2) is 82.0 Å². The number of ether oxygens (including phenoxy) is 2. The summed E-state index contributed by atoms with van der Waals surface area (Å²) in [6.07, 6.45) is 0. The average Bonchev–Trinajstić information content (AvgIpc) is 2.78. The van der Waals surface area contributed by atoms with Crippen LogP contribution in [0.1, 0.15) is 23.0 Å². The normalized spacial score (nSPS) is 10.7. The first-order valence-corrected chi connectivity index (χ1v) is 10.00. The molecule has 0 aliphatic rings. The number of fused-ring (bicyclic) bond motifs is 1. The van der Waals surface area contributed by atoms with Gasteiger partial charge in [-0.25, -0.2) is 4.79 Å². The van der Waals surface area contributed by atoms with Crippen LogP contribution in [0, 0.1) is 6.92 Å². The van der Waals surface area contributed by atoms with Gasteiger partial charge in [0.05, 0.1) is 10.9 Å². The topological polar surface area (TPSA) is 82.8 Å². The van der Waals surface area contributed by atoms with Gasteiger partial charge >= 0.3 is 5.97 Å². The third-order valence-corrected chi connectivity index (χ3v) is 4.93. The van der Waals surface area contributed by atoms with Gasteiger partial charge in [-0.2, -0.15) is 0 Å². The summed E-state index contributed by atoms with van der Waals surface area (Å²) in [5, 5.41) is 0.395. The molecule has 0 unspecified atom stereocenters. The van der Waals surface area contributed by atoms with E-state index in [2.05, 4.69) is 0 Å². The van der Waals surface area contributed by atoms with E-state index in [1.54, 1.807) is 37.3 Å². The molecule has 0 saturated heterocycles. The first-order valence-electron chi connectivity index (χ1n) is 10.00. The number of carbonyl (C=O) groups excluding carboxylic acids is 2. The number of rotatable bonds is 6. The lowest BCUT2D eigenvalue weighted by Crippen LogP contribution is -2.18. The Bertz CT molecular complexity index is 1370. The average molecular weight is 428 g/mol. The first kappa shape index (κ1) is 21.1. The molecule has 0 radical (unpaired) electrons. The molecule has 0 saturated carbocycles. The molecule has 1 aromatic heterocycles. The number of hydrogen-bond donors (Lipinski definition) is 0. The van der Waals surface area contributed by atoms with Crippen LogP contribution in [0.25, 0.3) is 22.1 Å². The highest BCUT2D eigenvalue weighted by molar-refractivity contribution is 5.94. The van der Waals surface area contributed by atoms with E-state index in [-0.39, 0.29) is 23.6 Å². The van der Waals surface area contributed by atoms with Crippen LogP contribution in [-0.2, 0) is 4.79 Å². The lowest BCUT2D eigenvalue weighted by Gasteiger charge is -2.10. The molecule has 0 atom stereocenters. The lowest BCUT2D eigenvalue weighted by molar-refractivity contribution is -0.136. The summed E-state index contributed by atoms with van der Waals surface area (Å²) in [5.74, 6) is 0.381. The molecule has 0 amide bonds. The van der Waals surface area contributed by atoms with Crippen LogP contribution in [0.5, 0.6) is 11.5 Å². The molecule has 4 aromatic rings. The minimum Gasteiger partial charge on any atom is -0.482 e. The molecule has 32 heavy (non-hydrogen) atoms. The lowest BCUT2D eigenvalue weighted by atomic mass is 10.0. The Balaban J connectivity index is 1.52. The van der Waals surface area contributed by atoms with Crippen molar-refractivity contribution in [3.63, 3.8) is 0 Å². The zero-order valence-corrected chi connectivity index (χ0v) is 17.6. The second-order valence-corrected chi connectivity index (χ2v) is 7.23. The molecule has 0 fully saturated rings. The fourth-order valence-corrected chi connectivity index (χ4v) is 3.40. The molecule has 0 aliphatic heterocycles. The fraction of sp³-hybridized carbons (Fsp3) is 0.115. The maximum absolute atomic E-state index is 13.0. The van der Waals surface area contributed by atoms with Crippen LogP contribution in [0.4, 0.5) is 0 Å². The predicted octanol–water partition coefficient (Wildman–Crippen LogP) is 4.96. The van der Waals surface area contributed by atoms with E-state index in [0.717, 1.165) is 5.56 Å². The van der Waals surface area contributed by atoms with E-state index in [0.29, 0.717) is 33.6 Å². The van der Waals surface area contributed by atoms with Crippen molar-refractivity contribution < 1.29 is 23.5 Å². The van der Waals surface area contributed by atoms with E-state index in [4.69, 9.17) is 13.9 Å². The minimum absolute atomic E-state index is 0.0959. The van der Waals surface area contributed by atoms with Crippen molar-refractivity contribution in [3.05, 3.63) is 94.3 Å². The maximum Gasteiger partial charge on any atom is 0.349 e. The zero-order chi connectivity index (χ0) is 22.7. The Kier molecular flexibility index (Phi) is 5.85. The Morgan fingerprint density at radius 1 is 0.906 bits per heavy atom. The molecular weight excluding hydrogens is 408 g/mol. The number of esters is 1. The Morgan fingerprint density at radius 3 is 2.44 bits per heavy atom. The Morgan fingerprint density at radius 2 is 1.69 bits per heavy atom. The molecule has 0 aliphatic carbocycles. The zero-order valence-electron chi connectivity index (χ0n) is 17.6. The third kappa shape index (κ3) is 4.44. The molecule has 6 heteroatoms. The van der Waals surface area contributed by atoms with E-state index in [1.807, 2.05) is 30.3 Å².